The molecule has 0 bridgehead atoms. The summed E-state index contributed by atoms with van der Waals surface area (Å²) in [5.74, 6) is 0.716. The van der Waals surface area contributed by atoms with Crippen molar-refractivity contribution < 1.29 is 13.2 Å². The lowest BCUT2D eigenvalue weighted by Crippen LogP contribution is -2.32. The smallest absolute Gasteiger partial charge is 0.274 e. The van der Waals surface area contributed by atoms with Crippen LogP contribution in [0.25, 0.3) is 16.7 Å². The molecule has 0 aliphatic carbocycles. The first kappa shape index (κ1) is 16.4. The van der Waals surface area contributed by atoms with Crippen LogP contribution in [0.1, 0.15) is 18.5 Å². The van der Waals surface area contributed by atoms with Crippen LogP contribution in [0.3, 0.4) is 0 Å². The van der Waals surface area contributed by atoms with Crippen molar-refractivity contribution in [3.8, 4) is 11.4 Å². The molecule has 0 spiro atoms. The Morgan fingerprint density at radius 3 is 2.54 bits per heavy atom. The van der Waals surface area contributed by atoms with Gasteiger partial charge in [0.05, 0.1) is 18.3 Å². The maximum atomic E-state index is 11.1. The van der Waals surface area contributed by atoms with Crippen molar-refractivity contribution in [1.82, 2.24) is 19.7 Å². The minimum absolute atomic E-state index is 0.425. The highest BCUT2D eigenvalue weighted by Gasteiger charge is 2.12. The Kier molecular flexibility index (Phi) is 4.22. The summed E-state index contributed by atoms with van der Waals surface area (Å²) in [5.41, 5.74) is 3.18. The predicted molar refractivity (Wildman–Crippen MR) is 90.1 cm³/mol. The molecule has 0 saturated carbocycles. The number of rotatable bonds is 5. The van der Waals surface area contributed by atoms with Gasteiger partial charge < -0.3 is 4.74 Å². The van der Waals surface area contributed by atoms with Crippen molar-refractivity contribution in [1.29, 1.82) is 0 Å². The molecule has 3 aromatic rings. The molecular formula is C15H17N5O3S. The van der Waals surface area contributed by atoms with E-state index in [9.17, 15) is 8.42 Å². The fourth-order valence-corrected chi connectivity index (χ4v) is 3.07. The molecule has 126 valence electrons. The first-order chi connectivity index (χ1) is 11.4. The van der Waals surface area contributed by atoms with Crippen molar-refractivity contribution in [3.05, 3.63) is 48.0 Å². The van der Waals surface area contributed by atoms with Crippen molar-refractivity contribution in [2.24, 2.45) is 5.14 Å². The van der Waals surface area contributed by atoms with Crippen LogP contribution in [-0.4, -0.2) is 30.5 Å². The summed E-state index contributed by atoms with van der Waals surface area (Å²) in [7, 11) is -2.15. The molecule has 8 nitrogen and oxygen atoms in total. The standard InChI is InChI=1S/C15H17N5O3S/c1-10(18-24(16,21)22)11-3-5-12(6-4-11)20-15-8-7-13(23-2)9-14(15)17-19-20/h3-10,18H,1-2H3,(H2,16,21,22)/t10-/m0/s1. The fourth-order valence-electron chi connectivity index (χ4n) is 2.44. The van der Waals surface area contributed by atoms with Gasteiger partial charge in [0, 0.05) is 12.1 Å². The summed E-state index contributed by atoms with van der Waals surface area (Å²) >= 11 is 0. The van der Waals surface area contributed by atoms with E-state index >= 15 is 0 Å². The van der Waals surface area contributed by atoms with Gasteiger partial charge in [-0.1, -0.05) is 17.3 Å². The number of ether oxygens (including phenoxy) is 1. The average Bonchev–Trinajstić information content (AvgIpc) is 2.96. The second-order valence-corrected chi connectivity index (χ2v) is 6.66. The largest absolute Gasteiger partial charge is 0.497 e. The number of benzene rings is 2. The van der Waals surface area contributed by atoms with E-state index in [2.05, 4.69) is 15.0 Å². The summed E-state index contributed by atoms with van der Waals surface area (Å²) in [6, 6.07) is 12.4. The quantitative estimate of drug-likeness (QED) is 0.722. The Morgan fingerprint density at radius 1 is 1.21 bits per heavy atom. The number of nitrogens with one attached hydrogen (secondary N) is 1. The van der Waals surface area contributed by atoms with E-state index in [-0.39, 0.29) is 0 Å². The third kappa shape index (κ3) is 3.37. The molecule has 1 atom stereocenters. The zero-order chi connectivity index (χ0) is 17.3. The van der Waals surface area contributed by atoms with Crippen LogP contribution in [0.4, 0.5) is 0 Å². The third-order valence-corrected chi connectivity index (χ3v) is 4.31. The zero-order valence-corrected chi connectivity index (χ0v) is 14.0. The van der Waals surface area contributed by atoms with Gasteiger partial charge in [0.1, 0.15) is 11.3 Å². The van der Waals surface area contributed by atoms with E-state index in [0.717, 1.165) is 22.3 Å². The molecule has 9 heteroatoms. The molecule has 0 radical (unpaired) electrons. The Labute approximate surface area is 139 Å². The average molecular weight is 347 g/mol. The van der Waals surface area contributed by atoms with Crippen LogP contribution in [0.2, 0.25) is 0 Å². The molecule has 24 heavy (non-hydrogen) atoms. The molecule has 0 amide bonds. The number of nitrogens with two attached hydrogens (primary N) is 1. The highest BCUT2D eigenvalue weighted by molar-refractivity contribution is 7.87. The lowest BCUT2D eigenvalue weighted by Gasteiger charge is -2.13. The highest BCUT2D eigenvalue weighted by Crippen LogP contribution is 2.22. The molecule has 0 unspecified atom stereocenters. The van der Waals surface area contributed by atoms with Crippen LogP contribution in [0.15, 0.2) is 42.5 Å². The van der Waals surface area contributed by atoms with E-state index in [1.165, 1.54) is 0 Å². The van der Waals surface area contributed by atoms with Crippen LogP contribution in [0, 0.1) is 0 Å². The molecule has 3 rings (SSSR count). The van der Waals surface area contributed by atoms with Gasteiger partial charge in [0.2, 0.25) is 0 Å². The lowest BCUT2D eigenvalue weighted by molar-refractivity contribution is 0.415. The molecular weight excluding hydrogens is 330 g/mol. The molecule has 2 aromatic carbocycles. The topological polar surface area (TPSA) is 112 Å². The van der Waals surface area contributed by atoms with Gasteiger partial charge in [0.25, 0.3) is 10.2 Å². The lowest BCUT2D eigenvalue weighted by atomic mass is 10.1. The SMILES string of the molecule is COc1ccc2c(c1)nnn2-c1ccc([C@H](C)NS(N)(=O)=O)cc1. The van der Waals surface area contributed by atoms with Gasteiger partial charge in [-0.2, -0.15) is 13.1 Å². The van der Waals surface area contributed by atoms with Crippen LogP contribution in [-0.2, 0) is 10.2 Å². The Bertz CT molecular complexity index is 966. The number of hydrogen-bond donors (Lipinski definition) is 2. The summed E-state index contributed by atoms with van der Waals surface area (Å²) in [4.78, 5) is 0. The van der Waals surface area contributed by atoms with Gasteiger partial charge in [-0.3, -0.25) is 0 Å². The number of nitrogens with zero attached hydrogens (tertiary/aromatic N) is 3. The van der Waals surface area contributed by atoms with Gasteiger partial charge in [-0.05, 0) is 36.8 Å². The van der Waals surface area contributed by atoms with Gasteiger partial charge >= 0.3 is 0 Å². The van der Waals surface area contributed by atoms with Crippen molar-refractivity contribution in [3.63, 3.8) is 0 Å². The Hall–Kier alpha value is -2.49. The number of methoxy groups -OCH3 is 1. The highest BCUT2D eigenvalue weighted by atomic mass is 32.2. The Balaban J connectivity index is 1.91. The Morgan fingerprint density at radius 2 is 1.92 bits per heavy atom. The fraction of sp³-hybridized carbons (Fsp3) is 0.200. The van der Waals surface area contributed by atoms with Crippen molar-refractivity contribution in [2.45, 2.75) is 13.0 Å². The molecule has 3 N–H and O–H groups in total. The van der Waals surface area contributed by atoms with Crippen molar-refractivity contribution >= 4 is 21.2 Å². The third-order valence-electron chi connectivity index (χ3n) is 3.63. The second kappa shape index (κ2) is 6.19. The van der Waals surface area contributed by atoms with E-state index in [1.807, 2.05) is 42.5 Å². The first-order valence-electron chi connectivity index (χ1n) is 7.17. The molecule has 0 aliphatic rings. The minimum atomic E-state index is -3.75. The summed E-state index contributed by atoms with van der Waals surface area (Å²) in [5, 5.41) is 13.3. The maximum absolute atomic E-state index is 11.1. The normalized spacial score (nSPS) is 13.1. The summed E-state index contributed by atoms with van der Waals surface area (Å²) in [6.07, 6.45) is 0. The predicted octanol–water partition coefficient (Wildman–Crippen LogP) is 1.28. The van der Waals surface area contributed by atoms with E-state index in [0.29, 0.717) is 5.75 Å². The molecule has 1 heterocycles. The molecule has 1 aromatic heterocycles. The molecule has 0 saturated heterocycles. The summed E-state index contributed by atoms with van der Waals surface area (Å²) < 4.78 is 31.4. The summed E-state index contributed by atoms with van der Waals surface area (Å²) in [6.45, 7) is 1.72. The molecule has 0 aliphatic heterocycles. The molecule has 0 fully saturated rings. The van der Waals surface area contributed by atoms with E-state index in [1.54, 1.807) is 18.7 Å². The van der Waals surface area contributed by atoms with Crippen LogP contribution < -0.4 is 14.6 Å². The van der Waals surface area contributed by atoms with Crippen LogP contribution >= 0.6 is 0 Å². The first-order valence-corrected chi connectivity index (χ1v) is 8.72. The maximum Gasteiger partial charge on any atom is 0.274 e. The van der Waals surface area contributed by atoms with E-state index in [4.69, 9.17) is 9.88 Å². The van der Waals surface area contributed by atoms with Gasteiger partial charge in [-0.15, -0.1) is 5.10 Å². The van der Waals surface area contributed by atoms with E-state index < -0.39 is 16.3 Å². The van der Waals surface area contributed by atoms with Gasteiger partial charge in [-0.25, -0.2) is 9.82 Å². The van der Waals surface area contributed by atoms with Crippen LogP contribution in [0.5, 0.6) is 5.75 Å². The second-order valence-electron chi connectivity index (χ2n) is 5.33. The number of hydrogen-bond acceptors (Lipinski definition) is 5. The zero-order valence-electron chi connectivity index (χ0n) is 13.2. The number of aromatic nitrogens is 3. The monoisotopic (exact) mass is 347 g/mol. The van der Waals surface area contributed by atoms with Gasteiger partial charge in [0.15, 0.2) is 0 Å². The van der Waals surface area contributed by atoms with Crippen molar-refractivity contribution in [2.75, 3.05) is 7.11 Å². The minimum Gasteiger partial charge on any atom is -0.497 e. The number of fused-ring (bicyclic) bond motifs is 1.